The van der Waals surface area contributed by atoms with Crippen molar-refractivity contribution in [2.45, 2.75) is 18.9 Å². The van der Waals surface area contributed by atoms with Gasteiger partial charge in [0.25, 0.3) is 5.91 Å². The van der Waals surface area contributed by atoms with E-state index in [0.717, 1.165) is 36.4 Å². The fraction of sp³-hybridized carbons (Fsp3) is 0.316. The number of hydrogen-bond donors (Lipinski definition) is 1. The summed E-state index contributed by atoms with van der Waals surface area (Å²) in [5.41, 5.74) is 0.884. The molecule has 0 aromatic heterocycles. The van der Waals surface area contributed by atoms with Crippen molar-refractivity contribution < 1.29 is 18.3 Å². The van der Waals surface area contributed by atoms with Gasteiger partial charge >= 0.3 is 0 Å². The smallest absolute Gasteiger partial charge is 0.256 e. The van der Waals surface area contributed by atoms with Gasteiger partial charge in [0.2, 0.25) is 0 Å². The molecule has 0 unspecified atom stereocenters. The average Bonchev–Trinajstić information content (AvgIpc) is 2.62. The van der Waals surface area contributed by atoms with Gasteiger partial charge in [-0.3, -0.25) is 4.79 Å². The first-order valence-electron chi connectivity index (χ1n) is 8.22. The summed E-state index contributed by atoms with van der Waals surface area (Å²) in [5.74, 6) is -1.11. The molecule has 0 aliphatic carbocycles. The lowest BCUT2D eigenvalue weighted by Gasteiger charge is -2.33. The van der Waals surface area contributed by atoms with Gasteiger partial charge in [0.1, 0.15) is 17.4 Å². The maximum Gasteiger partial charge on any atom is 0.256 e. The van der Waals surface area contributed by atoms with E-state index < -0.39 is 17.5 Å². The molecule has 4 nitrogen and oxygen atoms in total. The Labute approximate surface area is 145 Å². The Kier molecular flexibility index (Phi) is 5.16. The number of rotatable bonds is 4. The minimum Gasteiger partial charge on any atom is -0.497 e. The van der Waals surface area contributed by atoms with Gasteiger partial charge in [0, 0.05) is 37.0 Å². The molecular weight excluding hydrogens is 326 g/mol. The van der Waals surface area contributed by atoms with Crippen LogP contribution in [0.15, 0.2) is 42.5 Å². The Bertz CT molecular complexity index is 759. The average molecular weight is 346 g/mol. The minimum atomic E-state index is -0.818. The summed E-state index contributed by atoms with van der Waals surface area (Å²) < 4.78 is 32.0. The molecule has 0 bridgehead atoms. The lowest BCUT2D eigenvalue weighted by molar-refractivity contribution is 0.0713. The van der Waals surface area contributed by atoms with Crippen LogP contribution in [-0.4, -0.2) is 37.0 Å². The highest BCUT2D eigenvalue weighted by molar-refractivity contribution is 5.94. The molecule has 0 atom stereocenters. The van der Waals surface area contributed by atoms with Crippen LogP contribution in [0.25, 0.3) is 0 Å². The van der Waals surface area contributed by atoms with Gasteiger partial charge in [-0.25, -0.2) is 8.78 Å². The molecule has 1 fully saturated rings. The van der Waals surface area contributed by atoms with E-state index in [2.05, 4.69) is 5.32 Å². The van der Waals surface area contributed by atoms with E-state index in [4.69, 9.17) is 4.74 Å². The molecule has 1 aliphatic rings. The van der Waals surface area contributed by atoms with Gasteiger partial charge < -0.3 is 15.0 Å². The van der Waals surface area contributed by atoms with Crippen molar-refractivity contribution in [1.82, 2.24) is 4.90 Å². The molecule has 0 saturated carbocycles. The van der Waals surface area contributed by atoms with Crippen LogP contribution in [0.2, 0.25) is 0 Å². The number of ether oxygens (including phenoxy) is 1. The van der Waals surface area contributed by atoms with E-state index in [1.807, 2.05) is 24.3 Å². The van der Waals surface area contributed by atoms with E-state index in [1.54, 1.807) is 12.0 Å². The Morgan fingerprint density at radius 2 is 1.92 bits per heavy atom. The molecule has 1 aliphatic heterocycles. The molecule has 0 radical (unpaired) electrons. The van der Waals surface area contributed by atoms with E-state index in [0.29, 0.717) is 13.1 Å². The molecule has 25 heavy (non-hydrogen) atoms. The van der Waals surface area contributed by atoms with Crippen molar-refractivity contribution in [3.05, 3.63) is 59.7 Å². The molecule has 2 aromatic rings. The van der Waals surface area contributed by atoms with Gasteiger partial charge in [0.15, 0.2) is 0 Å². The summed E-state index contributed by atoms with van der Waals surface area (Å²) in [6, 6.07) is 11.0. The summed E-state index contributed by atoms with van der Waals surface area (Å²) >= 11 is 0. The molecule has 1 heterocycles. The van der Waals surface area contributed by atoms with Gasteiger partial charge in [-0.1, -0.05) is 6.07 Å². The van der Waals surface area contributed by atoms with Crippen LogP contribution in [0.3, 0.4) is 0 Å². The second-order valence-corrected chi connectivity index (χ2v) is 6.07. The Hall–Kier alpha value is -2.63. The summed E-state index contributed by atoms with van der Waals surface area (Å²) in [6.07, 6.45) is 1.51. The van der Waals surface area contributed by atoms with Crippen LogP contribution in [0.1, 0.15) is 23.2 Å². The Balaban J connectivity index is 1.58. The van der Waals surface area contributed by atoms with E-state index in [-0.39, 0.29) is 11.6 Å². The third-order valence-corrected chi connectivity index (χ3v) is 4.38. The number of likely N-dealkylation sites (tertiary alicyclic amines) is 1. The van der Waals surface area contributed by atoms with Crippen LogP contribution in [0, 0.1) is 11.6 Å². The minimum absolute atomic E-state index is 0.0828. The van der Waals surface area contributed by atoms with Crippen LogP contribution in [-0.2, 0) is 0 Å². The Morgan fingerprint density at radius 1 is 1.16 bits per heavy atom. The van der Waals surface area contributed by atoms with E-state index >= 15 is 0 Å². The standard InChI is InChI=1S/C19H20F2N2O2/c1-25-16-4-2-3-15(12-16)22-14-7-9-23(10-8-14)19(24)17-6-5-13(20)11-18(17)21/h2-6,11-12,14,22H,7-10H2,1H3. The zero-order chi connectivity index (χ0) is 17.8. The lowest BCUT2D eigenvalue weighted by Crippen LogP contribution is -2.42. The van der Waals surface area contributed by atoms with Crippen LogP contribution in [0.5, 0.6) is 5.75 Å². The molecule has 0 spiro atoms. The first kappa shape index (κ1) is 17.2. The number of methoxy groups -OCH3 is 1. The molecule has 1 amide bonds. The summed E-state index contributed by atoms with van der Waals surface area (Å²) in [7, 11) is 1.62. The number of piperidine rings is 1. The highest BCUT2D eigenvalue weighted by Gasteiger charge is 2.25. The molecule has 1 N–H and O–H groups in total. The summed E-state index contributed by atoms with van der Waals surface area (Å²) in [5, 5.41) is 3.43. The second-order valence-electron chi connectivity index (χ2n) is 6.07. The van der Waals surface area contributed by atoms with Gasteiger partial charge in [-0.2, -0.15) is 0 Å². The van der Waals surface area contributed by atoms with Crippen molar-refractivity contribution in [3.8, 4) is 5.75 Å². The van der Waals surface area contributed by atoms with E-state index in [1.165, 1.54) is 6.07 Å². The van der Waals surface area contributed by atoms with Crippen LogP contribution < -0.4 is 10.1 Å². The molecular formula is C19H20F2N2O2. The number of carbonyl (C=O) groups is 1. The predicted octanol–water partition coefficient (Wildman–Crippen LogP) is 3.69. The third kappa shape index (κ3) is 4.07. The van der Waals surface area contributed by atoms with Gasteiger partial charge in [-0.05, 0) is 37.1 Å². The number of benzene rings is 2. The lowest BCUT2D eigenvalue weighted by atomic mass is 10.0. The maximum absolute atomic E-state index is 13.8. The number of amides is 1. The quantitative estimate of drug-likeness (QED) is 0.918. The Morgan fingerprint density at radius 3 is 2.60 bits per heavy atom. The van der Waals surface area contributed by atoms with Gasteiger partial charge in [-0.15, -0.1) is 0 Å². The maximum atomic E-state index is 13.8. The van der Waals surface area contributed by atoms with Crippen molar-refractivity contribution in [3.63, 3.8) is 0 Å². The summed E-state index contributed by atoms with van der Waals surface area (Å²) in [4.78, 5) is 14.0. The fourth-order valence-corrected chi connectivity index (χ4v) is 3.01. The molecule has 1 saturated heterocycles. The number of halogens is 2. The molecule has 132 valence electrons. The molecule has 3 rings (SSSR count). The van der Waals surface area contributed by atoms with Crippen LogP contribution >= 0.6 is 0 Å². The summed E-state index contributed by atoms with van der Waals surface area (Å²) in [6.45, 7) is 1.05. The number of hydrogen-bond acceptors (Lipinski definition) is 3. The highest BCUT2D eigenvalue weighted by atomic mass is 19.1. The second kappa shape index (κ2) is 7.51. The van der Waals surface area contributed by atoms with Crippen molar-refractivity contribution >= 4 is 11.6 Å². The zero-order valence-electron chi connectivity index (χ0n) is 14.0. The first-order chi connectivity index (χ1) is 12.1. The zero-order valence-corrected chi connectivity index (χ0v) is 14.0. The topological polar surface area (TPSA) is 41.6 Å². The van der Waals surface area contributed by atoms with Crippen molar-refractivity contribution in [2.75, 3.05) is 25.5 Å². The SMILES string of the molecule is COc1cccc(NC2CCN(C(=O)c3ccc(F)cc3F)CC2)c1. The number of nitrogens with one attached hydrogen (secondary N) is 1. The number of nitrogens with zero attached hydrogens (tertiary/aromatic N) is 1. The third-order valence-electron chi connectivity index (χ3n) is 4.38. The number of carbonyl (C=O) groups excluding carboxylic acids is 1. The molecule has 6 heteroatoms. The van der Waals surface area contributed by atoms with Gasteiger partial charge in [0.05, 0.1) is 12.7 Å². The van der Waals surface area contributed by atoms with Crippen LogP contribution in [0.4, 0.5) is 14.5 Å². The molecule has 2 aromatic carbocycles. The predicted molar refractivity (Wildman–Crippen MR) is 91.9 cm³/mol. The number of anilines is 1. The normalized spacial score (nSPS) is 15.1. The highest BCUT2D eigenvalue weighted by Crippen LogP contribution is 2.22. The van der Waals surface area contributed by atoms with Crippen molar-refractivity contribution in [2.24, 2.45) is 0 Å². The monoisotopic (exact) mass is 346 g/mol. The van der Waals surface area contributed by atoms with Crippen molar-refractivity contribution in [1.29, 1.82) is 0 Å². The largest absolute Gasteiger partial charge is 0.497 e. The first-order valence-corrected chi connectivity index (χ1v) is 8.22. The fourth-order valence-electron chi connectivity index (χ4n) is 3.01. The van der Waals surface area contributed by atoms with E-state index in [9.17, 15) is 13.6 Å².